The molecule has 0 radical (unpaired) electrons. The van der Waals surface area contributed by atoms with Gasteiger partial charge in [-0.1, -0.05) is 0 Å². The first-order chi connectivity index (χ1) is 14.1. The fraction of sp³-hybridized carbons (Fsp3) is 0.684. The quantitative estimate of drug-likeness (QED) is 0.522. The molecule has 0 saturated heterocycles. The molecule has 3 rings (SSSR count). The van der Waals surface area contributed by atoms with E-state index in [0.29, 0.717) is 6.42 Å². The van der Waals surface area contributed by atoms with Crippen molar-refractivity contribution in [2.75, 3.05) is 5.32 Å². The van der Waals surface area contributed by atoms with E-state index in [0.717, 1.165) is 6.07 Å². The largest absolute Gasteiger partial charge is 0.522 e. The molecule has 0 aliphatic heterocycles. The highest BCUT2D eigenvalue weighted by Crippen LogP contribution is 2.37. The third-order valence-electron chi connectivity index (χ3n) is 5.42. The maximum absolute atomic E-state index is 13.5. The minimum absolute atomic E-state index is 0.0599. The molecule has 1 aromatic rings. The molecule has 2 saturated carbocycles. The smallest absolute Gasteiger partial charge is 0.373 e. The van der Waals surface area contributed by atoms with Crippen molar-refractivity contribution in [2.24, 2.45) is 5.92 Å². The Labute approximate surface area is 175 Å². The Kier molecular flexibility index (Phi) is 7.41. The molecule has 6 unspecified atom stereocenters. The molecule has 1 heterocycles. The number of hydrogen-bond donors (Lipinski definition) is 2. The van der Waals surface area contributed by atoms with E-state index >= 15 is 0 Å². The molecule has 0 bridgehead atoms. The number of carbonyl (C=O) groups excluding carboxylic acids is 1. The van der Waals surface area contributed by atoms with Gasteiger partial charge < -0.3 is 15.0 Å². The summed E-state index contributed by atoms with van der Waals surface area (Å²) in [5.74, 6) is -1.52. The van der Waals surface area contributed by atoms with Crippen LogP contribution >= 0.6 is 11.6 Å². The van der Waals surface area contributed by atoms with Crippen LogP contribution in [0.25, 0.3) is 0 Å². The van der Waals surface area contributed by atoms with Gasteiger partial charge in [0.05, 0.1) is 29.6 Å². The van der Waals surface area contributed by atoms with E-state index < -0.39 is 53.6 Å². The lowest BCUT2D eigenvalue weighted by molar-refractivity contribution is -0.347. The average molecular weight is 455 g/mol. The number of nitrogens with one attached hydrogen (secondary N) is 2. The molecule has 6 nitrogen and oxygen atoms in total. The summed E-state index contributed by atoms with van der Waals surface area (Å²) in [4.78, 5) is 26.7. The SMILES string of the molecule is O=C(Nc1cc[nH]c(=O)c1)C1CC(OC(F)(F)F)CCC1OC1CCC(F)CC1Cl. The van der Waals surface area contributed by atoms with Crippen molar-refractivity contribution >= 4 is 23.2 Å². The zero-order chi connectivity index (χ0) is 21.9. The van der Waals surface area contributed by atoms with Crippen molar-refractivity contribution in [1.82, 2.24) is 4.98 Å². The van der Waals surface area contributed by atoms with Crippen molar-refractivity contribution in [2.45, 2.75) is 74.7 Å². The average Bonchev–Trinajstić information content (AvgIpc) is 2.64. The molecular weight excluding hydrogens is 432 g/mol. The summed E-state index contributed by atoms with van der Waals surface area (Å²) < 4.78 is 61.7. The summed E-state index contributed by atoms with van der Waals surface area (Å²) in [6.45, 7) is 0. The van der Waals surface area contributed by atoms with Crippen molar-refractivity contribution in [3.05, 3.63) is 28.7 Å². The zero-order valence-electron chi connectivity index (χ0n) is 16.0. The van der Waals surface area contributed by atoms with Gasteiger partial charge in [-0.25, -0.2) is 4.39 Å². The van der Waals surface area contributed by atoms with Gasteiger partial charge in [0.1, 0.15) is 6.17 Å². The molecule has 1 amide bonds. The fourth-order valence-corrected chi connectivity index (χ4v) is 4.39. The van der Waals surface area contributed by atoms with E-state index in [2.05, 4.69) is 15.0 Å². The number of pyridine rings is 1. The molecule has 0 spiro atoms. The standard InChI is InChI=1S/C19H23ClF4N2O4/c20-14-7-10(21)1-3-16(14)29-15-4-2-12(30-19(22,23)24)9-13(15)18(28)26-11-5-6-25-17(27)8-11/h5-6,8,10,12-16H,1-4,7,9H2,(H2,25,26,27,28). The van der Waals surface area contributed by atoms with Crippen LogP contribution in [0.2, 0.25) is 0 Å². The van der Waals surface area contributed by atoms with E-state index in [1.807, 2.05) is 0 Å². The second kappa shape index (κ2) is 9.65. The molecule has 11 heteroatoms. The Bertz CT molecular complexity index is 790. The summed E-state index contributed by atoms with van der Waals surface area (Å²) in [5, 5.41) is 1.98. The number of H-pyrrole nitrogens is 1. The first-order valence-electron chi connectivity index (χ1n) is 9.78. The van der Waals surface area contributed by atoms with E-state index in [1.165, 1.54) is 12.3 Å². The maximum Gasteiger partial charge on any atom is 0.522 e. The van der Waals surface area contributed by atoms with E-state index in [-0.39, 0.29) is 37.8 Å². The third-order valence-corrected chi connectivity index (χ3v) is 5.88. The van der Waals surface area contributed by atoms with Gasteiger partial charge in [0.2, 0.25) is 11.5 Å². The highest BCUT2D eigenvalue weighted by atomic mass is 35.5. The lowest BCUT2D eigenvalue weighted by atomic mass is 9.83. The summed E-state index contributed by atoms with van der Waals surface area (Å²) in [6.07, 6.45) is -6.05. The van der Waals surface area contributed by atoms with E-state index in [1.54, 1.807) is 0 Å². The van der Waals surface area contributed by atoms with Crippen LogP contribution in [0.3, 0.4) is 0 Å². The third kappa shape index (κ3) is 6.42. The van der Waals surface area contributed by atoms with E-state index in [4.69, 9.17) is 16.3 Å². The second-order valence-electron chi connectivity index (χ2n) is 7.68. The Morgan fingerprint density at radius 2 is 1.90 bits per heavy atom. The van der Waals surface area contributed by atoms with E-state index in [9.17, 15) is 27.2 Å². The molecule has 2 aliphatic carbocycles. The second-order valence-corrected chi connectivity index (χ2v) is 8.24. The van der Waals surface area contributed by atoms with Gasteiger partial charge >= 0.3 is 6.36 Å². The lowest BCUT2D eigenvalue weighted by Gasteiger charge is -2.39. The Morgan fingerprint density at radius 1 is 1.17 bits per heavy atom. The molecular formula is C19H23ClF4N2O4. The summed E-state index contributed by atoms with van der Waals surface area (Å²) in [7, 11) is 0. The van der Waals surface area contributed by atoms with Crippen molar-refractivity contribution in [3.8, 4) is 0 Å². The molecule has 2 fully saturated rings. The fourth-order valence-electron chi connectivity index (χ4n) is 4.01. The van der Waals surface area contributed by atoms with Crippen LogP contribution in [0, 0.1) is 5.92 Å². The highest BCUT2D eigenvalue weighted by Gasteiger charge is 2.43. The Balaban J connectivity index is 1.72. The Hall–Kier alpha value is -1.65. The molecule has 0 aromatic carbocycles. The summed E-state index contributed by atoms with van der Waals surface area (Å²) >= 11 is 6.21. The number of hydrogen-bond acceptors (Lipinski definition) is 4. The lowest BCUT2D eigenvalue weighted by Crippen LogP contribution is -2.46. The van der Waals surface area contributed by atoms with Gasteiger partial charge in [-0.3, -0.25) is 14.3 Å². The minimum Gasteiger partial charge on any atom is -0.373 e. The number of ether oxygens (including phenoxy) is 2. The molecule has 2 aliphatic rings. The highest BCUT2D eigenvalue weighted by molar-refractivity contribution is 6.21. The first kappa shape index (κ1) is 23.0. The number of rotatable bonds is 5. The number of carbonyl (C=O) groups is 1. The Morgan fingerprint density at radius 3 is 2.57 bits per heavy atom. The normalized spacial score (nSPS) is 32.6. The van der Waals surface area contributed by atoms with Crippen LogP contribution in [0.4, 0.5) is 23.2 Å². The van der Waals surface area contributed by atoms with Gasteiger partial charge in [-0.2, -0.15) is 0 Å². The van der Waals surface area contributed by atoms with Crippen LogP contribution in [0.1, 0.15) is 38.5 Å². The van der Waals surface area contributed by atoms with Crippen molar-refractivity contribution < 1.29 is 31.8 Å². The van der Waals surface area contributed by atoms with Gasteiger partial charge in [0.25, 0.3) is 0 Å². The predicted octanol–water partition coefficient (Wildman–Crippen LogP) is 3.90. The first-order valence-corrected chi connectivity index (χ1v) is 10.2. The van der Waals surface area contributed by atoms with Gasteiger partial charge in [-0.15, -0.1) is 24.8 Å². The number of anilines is 1. The maximum atomic E-state index is 13.5. The van der Waals surface area contributed by atoms with Crippen LogP contribution in [-0.4, -0.2) is 47.1 Å². The monoisotopic (exact) mass is 454 g/mol. The van der Waals surface area contributed by atoms with Crippen LogP contribution in [0.15, 0.2) is 23.1 Å². The summed E-state index contributed by atoms with van der Waals surface area (Å²) in [6, 6.07) is 2.62. The predicted molar refractivity (Wildman–Crippen MR) is 101 cm³/mol. The molecule has 6 atom stereocenters. The zero-order valence-corrected chi connectivity index (χ0v) is 16.7. The van der Waals surface area contributed by atoms with Crippen LogP contribution in [-0.2, 0) is 14.3 Å². The molecule has 1 aromatic heterocycles. The van der Waals surface area contributed by atoms with Crippen molar-refractivity contribution in [1.29, 1.82) is 0 Å². The molecule has 30 heavy (non-hydrogen) atoms. The number of halogens is 5. The molecule has 168 valence electrons. The topological polar surface area (TPSA) is 80.4 Å². The van der Waals surface area contributed by atoms with Crippen LogP contribution in [0.5, 0.6) is 0 Å². The number of amides is 1. The van der Waals surface area contributed by atoms with Crippen LogP contribution < -0.4 is 10.9 Å². The van der Waals surface area contributed by atoms with Gasteiger partial charge in [0.15, 0.2) is 0 Å². The van der Waals surface area contributed by atoms with Gasteiger partial charge in [0, 0.05) is 18.0 Å². The number of alkyl halides is 5. The number of aromatic amines is 1. The van der Waals surface area contributed by atoms with Gasteiger partial charge in [-0.05, 0) is 44.6 Å². The minimum atomic E-state index is -4.81. The van der Waals surface area contributed by atoms with Crippen molar-refractivity contribution in [3.63, 3.8) is 0 Å². The summed E-state index contributed by atoms with van der Waals surface area (Å²) in [5.41, 5.74) is -0.218. The number of aromatic nitrogens is 1. The molecule has 2 N–H and O–H groups in total.